The van der Waals surface area contributed by atoms with Crippen LogP contribution in [0.3, 0.4) is 0 Å². The van der Waals surface area contributed by atoms with Crippen molar-refractivity contribution in [1.29, 1.82) is 0 Å². The number of carbonyl (C=O) groups is 1. The molecular weight excluding hydrogens is 701 g/mol. The van der Waals surface area contributed by atoms with Gasteiger partial charge in [0.05, 0.1) is 40.6 Å². The number of phenolic OH excluding ortho intramolecular Hbond substituents is 1. The molecular formula is C41H50N8O4S. The van der Waals surface area contributed by atoms with Crippen molar-refractivity contribution < 1.29 is 19.4 Å². The van der Waals surface area contributed by atoms with Gasteiger partial charge in [-0.3, -0.25) is 4.90 Å². The zero-order valence-electron chi connectivity index (χ0n) is 31.7. The lowest BCUT2D eigenvalue weighted by Crippen LogP contribution is -2.46. The van der Waals surface area contributed by atoms with E-state index in [1.165, 1.54) is 5.56 Å². The molecule has 0 radical (unpaired) electrons. The molecule has 12 nitrogen and oxygen atoms in total. The van der Waals surface area contributed by atoms with Gasteiger partial charge in [-0.2, -0.15) is 0 Å². The lowest BCUT2D eigenvalue weighted by Gasteiger charge is -2.36. The van der Waals surface area contributed by atoms with Gasteiger partial charge in [-0.05, 0) is 87.2 Å². The van der Waals surface area contributed by atoms with Crippen molar-refractivity contribution in [3.05, 3.63) is 95.1 Å². The second kappa shape index (κ2) is 17.2. The van der Waals surface area contributed by atoms with Crippen molar-refractivity contribution in [1.82, 2.24) is 25.0 Å². The Bertz CT molecular complexity index is 2020. The highest BCUT2D eigenvalue weighted by Gasteiger charge is 2.22. The first-order valence-corrected chi connectivity index (χ1v) is 19.1. The number of nitrogens with zero attached hydrogens (tertiary/aromatic N) is 6. The third kappa shape index (κ3) is 9.97. The van der Waals surface area contributed by atoms with Gasteiger partial charge < -0.3 is 35.4 Å². The lowest BCUT2D eigenvalue weighted by atomic mass is 10.1. The summed E-state index contributed by atoms with van der Waals surface area (Å²) in [5, 5.41) is 22.3. The number of amides is 1. The molecule has 0 atom stereocenters. The molecule has 0 saturated carbocycles. The van der Waals surface area contributed by atoms with E-state index in [-0.39, 0.29) is 11.8 Å². The maximum absolute atomic E-state index is 12.7. The van der Waals surface area contributed by atoms with E-state index in [1.54, 1.807) is 35.4 Å². The molecule has 0 bridgehead atoms. The van der Waals surface area contributed by atoms with Gasteiger partial charge in [-0.15, -0.1) is 21.5 Å². The molecule has 4 N–H and O–H groups in total. The molecule has 0 aliphatic carbocycles. The molecule has 6 rings (SSSR count). The molecule has 0 unspecified atom stereocenters. The maximum atomic E-state index is 12.7. The van der Waals surface area contributed by atoms with E-state index in [0.29, 0.717) is 36.8 Å². The average molecular weight is 751 g/mol. The Kier molecular flexibility index (Phi) is 12.2. The van der Waals surface area contributed by atoms with Gasteiger partial charge in [-0.25, -0.2) is 9.78 Å². The molecule has 13 heteroatoms. The Morgan fingerprint density at radius 1 is 1.02 bits per heavy atom. The molecule has 3 heterocycles. The smallest absolute Gasteiger partial charge is 0.410 e. The van der Waals surface area contributed by atoms with Gasteiger partial charge in [0, 0.05) is 57.6 Å². The monoisotopic (exact) mass is 750 g/mol. The third-order valence-corrected chi connectivity index (χ3v) is 10.1. The first-order valence-electron chi connectivity index (χ1n) is 18.3. The zero-order valence-corrected chi connectivity index (χ0v) is 32.5. The normalized spacial score (nSPS) is 13.5. The molecule has 3 aromatic carbocycles. The number of aromatic hydroxyl groups is 1. The summed E-state index contributed by atoms with van der Waals surface area (Å²) in [7, 11) is 1.76. The Morgan fingerprint density at radius 3 is 2.48 bits per heavy atom. The van der Waals surface area contributed by atoms with Gasteiger partial charge in [-0.1, -0.05) is 36.4 Å². The quantitative estimate of drug-likeness (QED) is 0.103. The van der Waals surface area contributed by atoms with Gasteiger partial charge in [0.1, 0.15) is 17.1 Å². The predicted molar refractivity (Wildman–Crippen MR) is 216 cm³/mol. The van der Waals surface area contributed by atoms with Crippen molar-refractivity contribution in [3.63, 3.8) is 0 Å². The molecule has 54 heavy (non-hydrogen) atoms. The topological polar surface area (TPSA) is 142 Å². The summed E-state index contributed by atoms with van der Waals surface area (Å²) in [5.41, 5.74) is 14.9. The Morgan fingerprint density at radius 2 is 1.78 bits per heavy atom. The molecule has 1 saturated heterocycles. The predicted octanol–water partition coefficient (Wildman–Crippen LogP) is 7.43. The minimum atomic E-state index is -0.562. The minimum Gasteiger partial charge on any atom is -0.507 e. The number of rotatable bonds is 13. The Balaban J connectivity index is 0.975. The summed E-state index contributed by atoms with van der Waals surface area (Å²) in [6.07, 6.45) is 0.436. The van der Waals surface area contributed by atoms with Crippen LogP contribution in [0.4, 0.5) is 22.0 Å². The van der Waals surface area contributed by atoms with E-state index >= 15 is 0 Å². The molecule has 1 aliphatic rings. The van der Waals surface area contributed by atoms with E-state index in [1.807, 2.05) is 63.5 Å². The van der Waals surface area contributed by atoms with E-state index in [2.05, 4.69) is 60.6 Å². The second-order valence-electron chi connectivity index (χ2n) is 14.5. The number of piperazine rings is 1. The summed E-state index contributed by atoms with van der Waals surface area (Å²) >= 11 is 1.62. The summed E-state index contributed by atoms with van der Waals surface area (Å²) < 4.78 is 11.7. The second-order valence-corrected chi connectivity index (χ2v) is 15.4. The number of thiazole rings is 1. The van der Waals surface area contributed by atoms with Crippen molar-refractivity contribution >= 4 is 34.6 Å². The number of nitrogens with two attached hydrogens (primary N) is 1. The molecule has 1 aliphatic heterocycles. The van der Waals surface area contributed by atoms with Crippen LogP contribution >= 0.6 is 11.3 Å². The third-order valence-electron chi connectivity index (χ3n) is 9.16. The molecule has 1 amide bonds. The van der Waals surface area contributed by atoms with Crippen molar-refractivity contribution in [2.45, 2.75) is 52.8 Å². The summed E-state index contributed by atoms with van der Waals surface area (Å²) in [6.45, 7) is 13.5. The van der Waals surface area contributed by atoms with E-state index in [9.17, 15) is 9.90 Å². The van der Waals surface area contributed by atoms with Crippen LogP contribution in [0.2, 0.25) is 0 Å². The number of ether oxygens (including phenoxy) is 2. The minimum absolute atomic E-state index is 0.164. The van der Waals surface area contributed by atoms with Gasteiger partial charge in [0.15, 0.2) is 5.82 Å². The largest absolute Gasteiger partial charge is 0.507 e. The first kappa shape index (κ1) is 38.3. The summed E-state index contributed by atoms with van der Waals surface area (Å²) in [5.74, 6) is 1.39. The standard InChI is InChI=1S/C41H50N8O4S/c1-28-38(54-27-44-28)30-13-14-31(26-47(5)40(51)53-41(2,3)4)34(23-30)43-17-8-22-52-32-15-11-29(12-16-32)25-48-18-20-49(21-19-48)36-24-35(45-46-39(36)42)33-9-6-7-10-37(33)50/h6-7,9-16,23-24,27,43,50H,8,17-22,25-26H2,1-5H3,(H2,42,46). The number of hydrogen-bond donors (Lipinski definition) is 3. The molecule has 1 fully saturated rings. The SMILES string of the molecule is Cc1ncsc1-c1ccc(CN(C)C(=O)OC(C)(C)C)c(NCCCOc2ccc(CN3CCN(c4cc(-c5ccccc5O)nnc4N)CC3)cc2)c1. The van der Waals surface area contributed by atoms with Crippen molar-refractivity contribution in [2.75, 3.05) is 62.3 Å². The van der Waals surface area contributed by atoms with Crippen LogP contribution in [-0.4, -0.2) is 88.2 Å². The van der Waals surface area contributed by atoms with Crippen LogP contribution in [0.1, 0.15) is 44.0 Å². The first-order chi connectivity index (χ1) is 25.9. The fourth-order valence-electron chi connectivity index (χ4n) is 6.31. The molecule has 5 aromatic rings. The van der Waals surface area contributed by atoms with E-state index in [4.69, 9.17) is 15.2 Å². The summed E-state index contributed by atoms with van der Waals surface area (Å²) in [4.78, 5) is 24.5. The number of carbonyl (C=O) groups excluding carboxylic acids is 1. The number of aromatic nitrogens is 3. The zero-order chi connectivity index (χ0) is 38.2. The van der Waals surface area contributed by atoms with Crippen LogP contribution in [0, 0.1) is 6.92 Å². The van der Waals surface area contributed by atoms with Crippen LogP contribution in [0.15, 0.2) is 78.3 Å². The number of para-hydroxylation sites is 1. The Labute approximate surface area is 321 Å². The van der Waals surface area contributed by atoms with E-state index < -0.39 is 5.60 Å². The lowest BCUT2D eigenvalue weighted by molar-refractivity contribution is 0.0285. The number of nitrogens with one attached hydrogen (secondary N) is 1. The number of benzene rings is 3. The van der Waals surface area contributed by atoms with E-state index in [0.717, 1.165) is 78.0 Å². The van der Waals surface area contributed by atoms with Crippen LogP contribution < -0.4 is 20.7 Å². The highest BCUT2D eigenvalue weighted by Crippen LogP contribution is 2.33. The maximum Gasteiger partial charge on any atom is 0.410 e. The number of aryl methyl sites for hydroxylation is 1. The van der Waals surface area contributed by atoms with Crippen molar-refractivity contribution in [3.8, 4) is 33.2 Å². The van der Waals surface area contributed by atoms with Crippen LogP contribution in [0.5, 0.6) is 11.5 Å². The highest BCUT2D eigenvalue weighted by atomic mass is 32.1. The molecule has 284 valence electrons. The summed E-state index contributed by atoms with van der Waals surface area (Å²) in [6, 6.07) is 23.6. The van der Waals surface area contributed by atoms with Gasteiger partial charge in [0.2, 0.25) is 0 Å². The van der Waals surface area contributed by atoms with Crippen LogP contribution in [0.25, 0.3) is 21.7 Å². The average Bonchev–Trinajstić information content (AvgIpc) is 3.58. The fraction of sp³-hybridized carbons (Fsp3) is 0.366. The molecule has 0 spiro atoms. The Hall–Kier alpha value is -5.40. The highest BCUT2D eigenvalue weighted by molar-refractivity contribution is 7.13. The van der Waals surface area contributed by atoms with Gasteiger partial charge >= 0.3 is 6.09 Å². The number of anilines is 3. The number of hydrogen-bond acceptors (Lipinski definition) is 12. The number of nitrogen functional groups attached to an aromatic ring is 1. The van der Waals surface area contributed by atoms with Gasteiger partial charge in [0.25, 0.3) is 0 Å². The molecule has 2 aromatic heterocycles. The fourth-order valence-corrected chi connectivity index (χ4v) is 7.11. The van der Waals surface area contributed by atoms with Crippen LogP contribution in [-0.2, 0) is 17.8 Å². The van der Waals surface area contributed by atoms with Crippen molar-refractivity contribution in [2.24, 2.45) is 0 Å². The number of phenols is 1.